The first-order valence-corrected chi connectivity index (χ1v) is 4.04. The lowest BCUT2D eigenvalue weighted by Gasteiger charge is -2.17. The van der Waals surface area contributed by atoms with E-state index in [9.17, 15) is 0 Å². The number of hydrogen-bond donors (Lipinski definition) is 1. The second-order valence-corrected chi connectivity index (χ2v) is 2.92. The van der Waals surface area contributed by atoms with E-state index in [4.69, 9.17) is 10.6 Å². The van der Waals surface area contributed by atoms with E-state index < -0.39 is 0 Å². The molecule has 1 unspecified atom stereocenters. The molecule has 1 N–H and O–H groups in total. The number of nitrogens with zero attached hydrogens (tertiary/aromatic N) is 4. The van der Waals surface area contributed by atoms with Crippen LogP contribution in [0, 0.1) is 0 Å². The summed E-state index contributed by atoms with van der Waals surface area (Å²) in [5, 5.41) is 12.4. The molecule has 12 heavy (non-hydrogen) atoms. The number of aliphatic hydroxyl groups excluding tert-OH is 1. The third-order valence-electron chi connectivity index (χ3n) is 1.44. The minimum absolute atomic E-state index is 0.297. The first-order valence-electron chi connectivity index (χ1n) is 4.04. The summed E-state index contributed by atoms with van der Waals surface area (Å²) in [7, 11) is 1.93. The van der Waals surface area contributed by atoms with Crippen LogP contribution in [-0.2, 0) is 0 Å². The van der Waals surface area contributed by atoms with Crippen molar-refractivity contribution in [2.24, 2.45) is 5.11 Å². The lowest BCUT2D eigenvalue weighted by Crippen LogP contribution is -2.28. The highest BCUT2D eigenvalue weighted by atomic mass is 16.3. The van der Waals surface area contributed by atoms with Crippen LogP contribution in [0.2, 0.25) is 0 Å². The molecule has 0 fully saturated rings. The van der Waals surface area contributed by atoms with Crippen LogP contribution in [0.15, 0.2) is 5.11 Å². The Morgan fingerprint density at radius 1 is 1.67 bits per heavy atom. The second kappa shape index (κ2) is 6.91. The van der Waals surface area contributed by atoms with Crippen molar-refractivity contribution in [1.82, 2.24) is 4.90 Å². The molecule has 0 aliphatic heterocycles. The first kappa shape index (κ1) is 11.2. The Labute approximate surface area is 72.6 Å². The van der Waals surface area contributed by atoms with Crippen molar-refractivity contribution in [3.8, 4) is 0 Å². The maximum Gasteiger partial charge on any atom is 0.0638 e. The molecule has 1 atom stereocenters. The number of azide groups is 1. The summed E-state index contributed by atoms with van der Waals surface area (Å²) in [4.78, 5) is 4.66. The highest BCUT2D eigenvalue weighted by Gasteiger charge is 2.00. The molecule has 0 bridgehead atoms. The Morgan fingerprint density at radius 2 is 2.33 bits per heavy atom. The van der Waals surface area contributed by atoms with Crippen molar-refractivity contribution in [2.45, 2.75) is 19.4 Å². The Bertz CT molecular complexity index is 153. The van der Waals surface area contributed by atoms with E-state index in [1.165, 1.54) is 0 Å². The Balaban J connectivity index is 3.30. The van der Waals surface area contributed by atoms with E-state index in [-0.39, 0.29) is 6.10 Å². The zero-order valence-electron chi connectivity index (χ0n) is 7.64. The van der Waals surface area contributed by atoms with Gasteiger partial charge in [-0.25, -0.2) is 0 Å². The van der Waals surface area contributed by atoms with Gasteiger partial charge in [0.15, 0.2) is 0 Å². The predicted molar refractivity (Wildman–Crippen MR) is 47.8 cm³/mol. The first-order chi connectivity index (χ1) is 5.66. The second-order valence-electron chi connectivity index (χ2n) is 2.92. The molecule has 5 nitrogen and oxygen atoms in total. The van der Waals surface area contributed by atoms with Gasteiger partial charge < -0.3 is 10.0 Å². The molecule has 0 amide bonds. The molecular formula is C7H16N4O. The number of aliphatic hydroxyl groups is 1. The van der Waals surface area contributed by atoms with Crippen LogP contribution in [0.4, 0.5) is 0 Å². The van der Waals surface area contributed by atoms with Gasteiger partial charge in [-0.05, 0) is 32.5 Å². The smallest absolute Gasteiger partial charge is 0.0638 e. The molecule has 0 saturated heterocycles. The van der Waals surface area contributed by atoms with E-state index in [1.807, 2.05) is 11.9 Å². The van der Waals surface area contributed by atoms with Crippen molar-refractivity contribution in [3.05, 3.63) is 10.4 Å². The maximum absolute atomic E-state index is 9.00. The van der Waals surface area contributed by atoms with Crippen molar-refractivity contribution >= 4 is 0 Å². The minimum Gasteiger partial charge on any atom is -0.392 e. The molecule has 0 aliphatic carbocycles. The molecule has 0 aromatic rings. The fraction of sp³-hybridized carbons (Fsp3) is 1.00. The molecule has 5 heteroatoms. The minimum atomic E-state index is -0.297. The van der Waals surface area contributed by atoms with Crippen LogP contribution in [0.25, 0.3) is 10.4 Å². The van der Waals surface area contributed by atoms with Crippen LogP contribution < -0.4 is 0 Å². The number of likely N-dealkylation sites (N-methyl/N-ethyl adjacent to an activating group) is 1. The van der Waals surface area contributed by atoms with Gasteiger partial charge in [0, 0.05) is 18.0 Å². The summed E-state index contributed by atoms with van der Waals surface area (Å²) in [6.07, 6.45) is 0.544. The van der Waals surface area contributed by atoms with E-state index in [0.717, 1.165) is 13.0 Å². The van der Waals surface area contributed by atoms with Gasteiger partial charge in [-0.2, -0.15) is 0 Å². The molecule has 0 spiro atoms. The van der Waals surface area contributed by atoms with Crippen molar-refractivity contribution in [1.29, 1.82) is 0 Å². The highest BCUT2D eigenvalue weighted by molar-refractivity contribution is 4.57. The van der Waals surface area contributed by atoms with E-state index in [1.54, 1.807) is 6.92 Å². The largest absolute Gasteiger partial charge is 0.392 e. The summed E-state index contributed by atoms with van der Waals surface area (Å²) >= 11 is 0. The third kappa shape index (κ3) is 7.34. The fourth-order valence-electron chi connectivity index (χ4n) is 0.998. The van der Waals surface area contributed by atoms with Gasteiger partial charge in [-0.15, -0.1) is 0 Å². The van der Waals surface area contributed by atoms with Crippen molar-refractivity contribution in [2.75, 3.05) is 26.7 Å². The fourth-order valence-corrected chi connectivity index (χ4v) is 0.998. The molecule has 0 radical (unpaired) electrons. The highest BCUT2D eigenvalue weighted by Crippen LogP contribution is 1.91. The van der Waals surface area contributed by atoms with Crippen molar-refractivity contribution in [3.63, 3.8) is 0 Å². The summed E-state index contributed by atoms with van der Waals surface area (Å²) < 4.78 is 0. The van der Waals surface area contributed by atoms with Gasteiger partial charge in [-0.1, -0.05) is 5.11 Å². The lowest BCUT2D eigenvalue weighted by molar-refractivity contribution is 0.141. The molecular weight excluding hydrogens is 156 g/mol. The molecule has 70 valence electrons. The topological polar surface area (TPSA) is 72.2 Å². The van der Waals surface area contributed by atoms with E-state index in [2.05, 4.69) is 10.0 Å². The lowest BCUT2D eigenvalue weighted by atomic mass is 10.3. The molecule has 0 aromatic heterocycles. The normalized spacial score (nSPS) is 12.7. The third-order valence-corrected chi connectivity index (χ3v) is 1.44. The molecule has 0 saturated carbocycles. The standard InChI is InChI=1S/C7H16N4O/c1-7(12)6-11(2)5-3-4-9-10-8/h7,12H,3-6H2,1-2H3. The molecule has 0 aromatic carbocycles. The van der Waals surface area contributed by atoms with Crippen LogP contribution >= 0.6 is 0 Å². The Morgan fingerprint density at radius 3 is 2.83 bits per heavy atom. The number of rotatable bonds is 6. The van der Waals surface area contributed by atoms with Gasteiger partial charge in [0.2, 0.25) is 0 Å². The summed E-state index contributed by atoms with van der Waals surface area (Å²) in [6, 6.07) is 0. The quantitative estimate of drug-likeness (QED) is 0.281. The summed E-state index contributed by atoms with van der Waals surface area (Å²) in [5.41, 5.74) is 7.98. The molecule has 0 aliphatic rings. The van der Waals surface area contributed by atoms with Crippen molar-refractivity contribution < 1.29 is 5.11 Å². The molecule has 0 rings (SSSR count). The average molecular weight is 172 g/mol. The van der Waals surface area contributed by atoms with Gasteiger partial charge >= 0.3 is 0 Å². The van der Waals surface area contributed by atoms with E-state index in [0.29, 0.717) is 13.1 Å². The van der Waals surface area contributed by atoms with Crippen LogP contribution in [0.5, 0.6) is 0 Å². The predicted octanol–water partition coefficient (Wildman–Crippen LogP) is 0.999. The summed E-state index contributed by atoms with van der Waals surface area (Å²) in [5.74, 6) is 0. The number of hydrogen-bond acceptors (Lipinski definition) is 3. The SMILES string of the molecule is CC(O)CN(C)CCCN=[N+]=[N-]. The Hall–Kier alpha value is -0.770. The maximum atomic E-state index is 9.00. The van der Waals surface area contributed by atoms with Crippen LogP contribution in [-0.4, -0.2) is 42.8 Å². The van der Waals surface area contributed by atoms with Crippen LogP contribution in [0.3, 0.4) is 0 Å². The monoisotopic (exact) mass is 172 g/mol. The van der Waals surface area contributed by atoms with Gasteiger partial charge in [-0.3, -0.25) is 0 Å². The average Bonchev–Trinajstić information content (AvgIpc) is 1.97. The zero-order valence-corrected chi connectivity index (χ0v) is 7.64. The van der Waals surface area contributed by atoms with Gasteiger partial charge in [0.25, 0.3) is 0 Å². The molecule has 0 heterocycles. The van der Waals surface area contributed by atoms with Crippen LogP contribution in [0.1, 0.15) is 13.3 Å². The van der Waals surface area contributed by atoms with Gasteiger partial charge in [0.1, 0.15) is 0 Å². The van der Waals surface area contributed by atoms with E-state index >= 15 is 0 Å². The Kier molecular flexibility index (Phi) is 6.47. The summed E-state index contributed by atoms with van der Waals surface area (Å²) in [6.45, 7) is 3.80. The van der Waals surface area contributed by atoms with Gasteiger partial charge in [0.05, 0.1) is 6.10 Å². The zero-order chi connectivity index (χ0) is 9.40.